The van der Waals surface area contributed by atoms with E-state index < -0.39 is 11.8 Å². The molecule has 0 aromatic heterocycles. The molecule has 2 aliphatic heterocycles. The number of fused-ring (bicyclic) bond motifs is 1. The summed E-state index contributed by atoms with van der Waals surface area (Å²) < 4.78 is 0. The first kappa shape index (κ1) is 16.2. The van der Waals surface area contributed by atoms with Crippen LogP contribution in [-0.4, -0.2) is 59.1 Å². The van der Waals surface area contributed by atoms with Crippen LogP contribution in [0.2, 0.25) is 0 Å². The minimum Gasteiger partial charge on any atom is -0.352 e. The number of nitrogens with zero attached hydrogens (tertiary/aromatic N) is 2. The van der Waals surface area contributed by atoms with E-state index in [0.29, 0.717) is 37.1 Å². The Morgan fingerprint density at radius 2 is 1.62 bits per heavy atom. The third kappa shape index (κ3) is 3.02. The summed E-state index contributed by atoms with van der Waals surface area (Å²) in [5.41, 5.74) is 0.676. The van der Waals surface area contributed by atoms with Gasteiger partial charge in [0.25, 0.3) is 11.8 Å². The normalized spacial score (nSPS) is 17.9. The van der Waals surface area contributed by atoms with Crippen molar-refractivity contribution in [3.05, 3.63) is 35.4 Å². The van der Waals surface area contributed by atoms with Crippen molar-refractivity contribution in [3.63, 3.8) is 0 Å². The molecule has 0 radical (unpaired) electrons. The maximum Gasteiger partial charge on any atom is 0.262 e. The molecule has 24 heavy (non-hydrogen) atoms. The molecule has 3 rings (SSSR count). The Balaban J connectivity index is 1.56. The van der Waals surface area contributed by atoms with Gasteiger partial charge in [0.05, 0.1) is 11.1 Å². The molecule has 1 N–H and O–H groups in total. The van der Waals surface area contributed by atoms with Crippen LogP contribution >= 0.6 is 0 Å². The number of imide groups is 1. The molecule has 4 amide bonds. The standard InChI is InChI=1S/C17H19N3O4/c1-11(21)19-8-6-12(7-9-19)18-15(22)10-20-16(23)13-4-2-3-5-14(13)17(20)24/h2-5,12H,6-10H2,1H3,(H,18,22). The van der Waals surface area contributed by atoms with E-state index in [1.165, 1.54) is 6.92 Å². The number of hydrogen-bond donors (Lipinski definition) is 1. The van der Waals surface area contributed by atoms with E-state index in [4.69, 9.17) is 0 Å². The second kappa shape index (κ2) is 6.43. The topological polar surface area (TPSA) is 86.8 Å². The van der Waals surface area contributed by atoms with Crippen LogP contribution in [0.1, 0.15) is 40.5 Å². The summed E-state index contributed by atoms with van der Waals surface area (Å²) >= 11 is 0. The fourth-order valence-electron chi connectivity index (χ4n) is 3.14. The summed E-state index contributed by atoms with van der Waals surface area (Å²) in [6, 6.07) is 6.52. The molecule has 2 aliphatic rings. The average molecular weight is 329 g/mol. The molecule has 0 unspecified atom stereocenters. The number of likely N-dealkylation sites (tertiary alicyclic amines) is 1. The zero-order chi connectivity index (χ0) is 17.3. The van der Waals surface area contributed by atoms with Gasteiger partial charge >= 0.3 is 0 Å². The zero-order valence-corrected chi connectivity index (χ0v) is 13.4. The van der Waals surface area contributed by atoms with Crippen molar-refractivity contribution in [1.29, 1.82) is 0 Å². The number of benzene rings is 1. The lowest BCUT2D eigenvalue weighted by Crippen LogP contribution is -2.49. The number of piperidine rings is 1. The SMILES string of the molecule is CC(=O)N1CCC(NC(=O)CN2C(=O)c3ccccc3C2=O)CC1. The maximum atomic E-state index is 12.2. The first-order valence-electron chi connectivity index (χ1n) is 7.97. The Kier molecular flexibility index (Phi) is 4.33. The lowest BCUT2D eigenvalue weighted by Gasteiger charge is -2.31. The van der Waals surface area contributed by atoms with Gasteiger partial charge in [-0.1, -0.05) is 12.1 Å². The molecule has 1 saturated heterocycles. The van der Waals surface area contributed by atoms with Crippen molar-refractivity contribution in [1.82, 2.24) is 15.1 Å². The smallest absolute Gasteiger partial charge is 0.262 e. The number of rotatable bonds is 3. The number of carbonyl (C=O) groups is 4. The van der Waals surface area contributed by atoms with Crippen LogP contribution in [0.5, 0.6) is 0 Å². The Morgan fingerprint density at radius 3 is 2.12 bits per heavy atom. The van der Waals surface area contributed by atoms with Gasteiger partial charge in [0, 0.05) is 26.1 Å². The van der Waals surface area contributed by atoms with Crippen molar-refractivity contribution >= 4 is 23.6 Å². The third-order valence-electron chi connectivity index (χ3n) is 4.49. The summed E-state index contributed by atoms with van der Waals surface area (Å²) in [5, 5.41) is 2.85. The Hall–Kier alpha value is -2.70. The van der Waals surface area contributed by atoms with E-state index in [1.54, 1.807) is 29.2 Å². The number of amides is 4. The molecule has 1 aromatic carbocycles. The van der Waals surface area contributed by atoms with E-state index in [1.807, 2.05) is 0 Å². The van der Waals surface area contributed by atoms with E-state index in [-0.39, 0.29) is 24.4 Å². The highest BCUT2D eigenvalue weighted by molar-refractivity contribution is 6.22. The Morgan fingerprint density at radius 1 is 1.08 bits per heavy atom. The van der Waals surface area contributed by atoms with Crippen LogP contribution in [0.15, 0.2) is 24.3 Å². The van der Waals surface area contributed by atoms with Gasteiger partial charge in [-0.2, -0.15) is 0 Å². The number of nitrogens with one attached hydrogen (secondary N) is 1. The molecule has 7 nitrogen and oxygen atoms in total. The lowest BCUT2D eigenvalue weighted by atomic mass is 10.1. The molecular formula is C17H19N3O4. The Labute approximate surface area is 139 Å². The van der Waals surface area contributed by atoms with Crippen LogP contribution < -0.4 is 5.32 Å². The molecule has 0 aliphatic carbocycles. The number of carbonyl (C=O) groups excluding carboxylic acids is 4. The fourth-order valence-corrected chi connectivity index (χ4v) is 3.14. The van der Waals surface area contributed by atoms with Crippen molar-refractivity contribution in [3.8, 4) is 0 Å². The summed E-state index contributed by atoms with van der Waals surface area (Å²) in [7, 11) is 0. The van der Waals surface area contributed by atoms with Gasteiger partial charge in [0.2, 0.25) is 11.8 Å². The van der Waals surface area contributed by atoms with Gasteiger partial charge in [-0.05, 0) is 25.0 Å². The Bertz CT molecular complexity index is 673. The van der Waals surface area contributed by atoms with Crippen LogP contribution in [0, 0.1) is 0 Å². The molecular weight excluding hydrogens is 310 g/mol. The van der Waals surface area contributed by atoms with Crippen LogP contribution in [-0.2, 0) is 9.59 Å². The summed E-state index contributed by atoms with van der Waals surface area (Å²) in [6.07, 6.45) is 1.35. The summed E-state index contributed by atoms with van der Waals surface area (Å²) in [6.45, 7) is 2.46. The van der Waals surface area contributed by atoms with Gasteiger partial charge in [-0.25, -0.2) is 0 Å². The average Bonchev–Trinajstić information content (AvgIpc) is 2.81. The molecule has 7 heteroatoms. The van der Waals surface area contributed by atoms with Gasteiger partial charge in [0.1, 0.15) is 6.54 Å². The highest BCUT2D eigenvalue weighted by Crippen LogP contribution is 2.22. The zero-order valence-electron chi connectivity index (χ0n) is 13.4. The van der Waals surface area contributed by atoms with Crippen LogP contribution in [0.3, 0.4) is 0 Å². The van der Waals surface area contributed by atoms with Gasteiger partial charge in [0.15, 0.2) is 0 Å². The molecule has 2 heterocycles. The highest BCUT2D eigenvalue weighted by Gasteiger charge is 2.36. The second-order valence-electron chi connectivity index (χ2n) is 6.09. The van der Waals surface area contributed by atoms with E-state index in [2.05, 4.69) is 5.32 Å². The van der Waals surface area contributed by atoms with Gasteiger partial charge < -0.3 is 10.2 Å². The lowest BCUT2D eigenvalue weighted by molar-refractivity contribution is -0.130. The van der Waals surface area contributed by atoms with E-state index in [0.717, 1.165) is 4.90 Å². The largest absolute Gasteiger partial charge is 0.352 e. The van der Waals surface area contributed by atoms with E-state index in [9.17, 15) is 19.2 Å². The molecule has 0 atom stereocenters. The predicted octanol–water partition coefficient (Wildman–Crippen LogP) is 0.410. The number of hydrogen-bond acceptors (Lipinski definition) is 4. The molecule has 1 aromatic rings. The van der Waals surface area contributed by atoms with Gasteiger partial charge in [-0.15, -0.1) is 0 Å². The first-order chi connectivity index (χ1) is 11.5. The second-order valence-corrected chi connectivity index (χ2v) is 6.09. The third-order valence-corrected chi connectivity index (χ3v) is 4.49. The maximum absolute atomic E-state index is 12.2. The van der Waals surface area contributed by atoms with Crippen molar-refractivity contribution in [2.24, 2.45) is 0 Å². The van der Waals surface area contributed by atoms with Gasteiger partial charge in [-0.3, -0.25) is 24.1 Å². The molecule has 0 saturated carbocycles. The van der Waals surface area contributed by atoms with Crippen LogP contribution in [0.4, 0.5) is 0 Å². The molecule has 0 bridgehead atoms. The predicted molar refractivity (Wildman–Crippen MR) is 85.2 cm³/mol. The summed E-state index contributed by atoms with van der Waals surface area (Å²) in [5.74, 6) is -1.19. The highest BCUT2D eigenvalue weighted by atomic mass is 16.2. The van der Waals surface area contributed by atoms with Crippen molar-refractivity contribution in [2.75, 3.05) is 19.6 Å². The van der Waals surface area contributed by atoms with Crippen LogP contribution in [0.25, 0.3) is 0 Å². The molecule has 126 valence electrons. The minimum absolute atomic E-state index is 0.0331. The summed E-state index contributed by atoms with van der Waals surface area (Å²) in [4.78, 5) is 50.7. The first-order valence-corrected chi connectivity index (χ1v) is 7.97. The quantitative estimate of drug-likeness (QED) is 0.814. The van der Waals surface area contributed by atoms with Crippen molar-refractivity contribution < 1.29 is 19.2 Å². The molecule has 1 fully saturated rings. The van der Waals surface area contributed by atoms with E-state index >= 15 is 0 Å². The van der Waals surface area contributed by atoms with Crippen molar-refractivity contribution in [2.45, 2.75) is 25.8 Å². The molecule has 0 spiro atoms. The monoisotopic (exact) mass is 329 g/mol. The minimum atomic E-state index is -0.433. The fraction of sp³-hybridized carbons (Fsp3) is 0.412.